The van der Waals surface area contributed by atoms with Crippen molar-refractivity contribution in [2.24, 2.45) is 0 Å². The molecule has 26 heavy (non-hydrogen) atoms. The van der Waals surface area contributed by atoms with Gasteiger partial charge in [-0.15, -0.1) is 37.2 Å². The average molecular weight is 506 g/mol. The van der Waals surface area contributed by atoms with Gasteiger partial charge in [0.25, 0.3) is 0 Å². The van der Waals surface area contributed by atoms with Crippen molar-refractivity contribution in [3.05, 3.63) is 92.8 Å². The molecule has 0 unspecified atom stereocenters. The summed E-state index contributed by atoms with van der Waals surface area (Å²) in [5.41, 5.74) is 4.42. The van der Waals surface area contributed by atoms with Crippen LogP contribution in [0.2, 0.25) is 0 Å². The van der Waals surface area contributed by atoms with Gasteiger partial charge in [-0.3, -0.25) is 0 Å². The molecule has 0 amide bonds. The van der Waals surface area contributed by atoms with Crippen molar-refractivity contribution in [1.29, 1.82) is 0 Å². The van der Waals surface area contributed by atoms with Gasteiger partial charge in [-0.1, -0.05) is 0 Å². The van der Waals surface area contributed by atoms with Gasteiger partial charge in [0.2, 0.25) is 0 Å². The number of rotatable bonds is 5. The Morgan fingerprint density at radius 1 is 0.846 bits per heavy atom. The van der Waals surface area contributed by atoms with E-state index in [1.165, 1.54) is 17.3 Å². The molecular weight excluding hydrogens is 481 g/mol. The van der Waals surface area contributed by atoms with Gasteiger partial charge in [0.1, 0.15) is 0 Å². The summed E-state index contributed by atoms with van der Waals surface area (Å²) in [4.78, 5) is 0. The minimum atomic E-state index is -0.0289. The zero-order valence-electron chi connectivity index (χ0n) is 15.0. The maximum atomic E-state index is 2.40. The molecule has 0 nitrogen and oxygen atoms in total. The summed E-state index contributed by atoms with van der Waals surface area (Å²) < 4.78 is 1.60. The molecular formula is C21H25Cl3PZr. The zero-order chi connectivity index (χ0) is 16.3. The van der Waals surface area contributed by atoms with Crippen LogP contribution in [0.1, 0.15) is 17.5 Å². The second-order valence-corrected chi connectivity index (χ2v) is 10.3. The van der Waals surface area contributed by atoms with Gasteiger partial charge in [0.15, 0.2) is 0 Å². The van der Waals surface area contributed by atoms with Crippen LogP contribution in [0.15, 0.2) is 81.7 Å². The fourth-order valence-corrected chi connectivity index (χ4v) is 6.07. The standard InChI is InChI=1S/C21H22P.3ClH.Zr/c1-22(2)17-21(20-15-9-10-16-20,18-11-5-3-6-12-18)19-13-7-4-8-14-19;;;;/h3-9,11-15H,10,17H2,1-2H3;3*1H;. The third kappa shape index (κ3) is 5.34. The Hall–Kier alpha value is 0.103. The van der Waals surface area contributed by atoms with Gasteiger partial charge >= 0.3 is 157 Å². The van der Waals surface area contributed by atoms with Crippen molar-refractivity contribution >= 4 is 45.1 Å². The number of allylic oxidation sites excluding steroid dienone is 4. The number of halogens is 3. The molecule has 0 bridgehead atoms. The minimum Gasteiger partial charge on any atom is -0.147 e. The largest absolute Gasteiger partial charge is 0.147 e. The van der Waals surface area contributed by atoms with E-state index in [2.05, 4.69) is 86.1 Å². The van der Waals surface area contributed by atoms with Crippen molar-refractivity contribution < 1.29 is 24.7 Å². The van der Waals surface area contributed by atoms with Crippen LogP contribution in [0.5, 0.6) is 0 Å². The van der Waals surface area contributed by atoms with Crippen LogP contribution in [-0.2, 0) is 30.1 Å². The number of benzene rings is 2. The fraction of sp³-hybridized carbons (Fsp3) is 0.238. The van der Waals surface area contributed by atoms with Gasteiger partial charge in [-0.05, 0) is 0 Å². The van der Waals surface area contributed by atoms with E-state index < -0.39 is 0 Å². The first-order valence-corrected chi connectivity index (χ1v) is 11.7. The van der Waals surface area contributed by atoms with Crippen LogP contribution in [0.4, 0.5) is 0 Å². The van der Waals surface area contributed by atoms with Crippen LogP contribution in [0.3, 0.4) is 0 Å². The Labute approximate surface area is 192 Å². The van der Waals surface area contributed by atoms with Crippen molar-refractivity contribution in [3.63, 3.8) is 0 Å². The third-order valence-electron chi connectivity index (χ3n) is 4.48. The predicted molar refractivity (Wildman–Crippen MR) is 120 cm³/mol. The summed E-state index contributed by atoms with van der Waals surface area (Å²) in [5, 5.41) is 0. The van der Waals surface area contributed by atoms with Crippen LogP contribution < -0.4 is 0 Å². The molecule has 0 radical (unpaired) electrons. The Morgan fingerprint density at radius 3 is 1.65 bits per heavy atom. The first kappa shape index (κ1) is 26.1. The van der Waals surface area contributed by atoms with Gasteiger partial charge in [-0.2, -0.15) is 0 Å². The average Bonchev–Trinajstić information content (AvgIpc) is 3.00. The van der Waals surface area contributed by atoms with Crippen molar-refractivity contribution in [1.82, 2.24) is 0 Å². The summed E-state index contributed by atoms with van der Waals surface area (Å²) in [6, 6.07) is 22.2. The summed E-state index contributed by atoms with van der Waals surface area (Å²) in [6.07, 6.45) is 7.06. The molecule has 2 aromatic rings. The Morgan fingerprint density at radius 2 is 1.31 bits per heavy atom. The molecule has 0 saturated heterocycles. The molecule has 3 rings (SSSR count). The molecule has 0 aliphatic heterocycles. The number of hydrogen-bond acceptors (Lipinski definition) is 0. The summed E-state index contributed by atoms with van der Waals surface area (Å²) >= 11 is 1.55. The predicted octanol–water partition coefficient (Wildman–Crippen LogP) is 6.74. The normalized spacial score (nSPS) is 13.0. The molecule has 0 fully saturated rings. The van der Waals surface area contributed by atoms with E-state index in [0.29, 0.717) is 0 Å². The van der Waals surface area contributed by atoms with Gasteiger partial charge in [0.05, 0.1) is 0 Å². The molecule has 139 valence electrons. The Balaban J connectivity index is 0.00000208. The van der Waals surface area contributed by atoms with Crippen LogP contribution in [-0.4, -0.2) is 19.5 Å². The van der Waals surface area contributed by atoms with Gasteiger partial charge < -0.3 is 0 Å². The van der Waals surface area contributed by atoms with Crippen molar-refractivity contribution in [3.8, 4) is 0 Å². The first-order valence-electron chi connectivity index (χ1n) is 8.02. The molecule has 0 atom stereocenters. The summed E-state index contributed by atoms with van der Waals surface area (Å²) in [6.45, 7) is 4.80. The van der Waals surface area contributed by atoms with E-state index in [9.17, 15) is 0 Å². The van der Waals surface area contributed by atoms with Crippen LogP contribution in [0, 0.1) is 0 Å². The van der Waals surface area contributed by atoms with E-state index in [1.54, 1.807) is 33.6 Å². The molecule has 1 aliphatic rings. The van der Waals surface area contributed by atoms with E-state index >= 15 is 0 Å². The SMILES string of the molecule is CP(C)CC(C1=[C]([Zr])CC=C1)(c1ccccc1)c1ccccc1.Cl.Cl.Cl. The molecule has 2 aromatic carbocycles. The topological polar surface area (TPSA) is 0 Å². The zero-order valence-corrected chi connectivity index (χ0v) is 20.8. The third-order valence-corrected chi connectivity index (χ3v) is 6.75. The van der Waals surface area contributed by atoms with E-state index in [0.717, 1.165) is 6.42 Å². The van der Waals surface area contributed by atoms with Gasteiger partial charge in [-0.25, -0.2) is 0 Å². The quantitative estimate of drug-likeness (QED) is 0.395. The molecule has 0 heterocycles. The summed E-state index contributed by atoms with van der Waals surface area (Å²) in [5.74, 6) is 0. The molecule has 0 aromatic heterocycles. The Bertz CT molecular complexity index is 688. The first-order chi connectivity index (χ1) is 11.1. The molecule has 1 aliphatic carbocycles. The molecule has 5 heteroatoms. The minimum absolute atomic E-state index is 0. The molecule has 0 saturated carbocycles. The second kappa shape index (κ2) is 11.8. The smallest absolute Gasteiger partial charge is 0.147 e. The van der Waals surface area contributed by atoms with Crippen molar-refractivity contribution in [2.75, 3.05) is 19.5 Å². The molecule has 0 N–H and O–H groups in total. The van der Waals surface area contributed by atoms with E-state index in [1.807, 2.05) is 0 Å². The van der Waals surface area contributed by atoms with Gasteiger partial charge in [0, 0.05) is 0 Å². The van der Waals surface area contributed by atoms with E-state index in [4.69, 9.17) is 0 Å². The van der Waals surface area contributed by atoms with Crippen LogP contribution >= 0.6 is 45.1 Å². The molecule has 0 spiro atoms. The number of hydrogen-bond donors (Lipinski definition) is 0. The monoisotopic (exact) mass is 503 g/mol. The summed E-state index contributed by atoms with van der Waals surface area (Å²) in [7, 11) is -0.0289. The maximum absolute atomic E-state index is 2.40. The Kier molecular flexibility index (Phi) is 11.9. The van der Waals surface area contributed by atoms with Crippen LogP contribution in [0.25, 0.3) is 0 Å². The fourth-order valence-electron chi connectivity index (χ4n) is 3.57. The van der Waals surface area contributed by atoms with E-state index in [-0.39, 0.29) is 50.6 Å². The maximum Gasteiger partial charge on any atom is -0.147 e. The van der Waals surface area contributed by atoms with Crippen molar-refractivity contribution in [2.45, 2.75) is 11.8 Å². The second-order valence-electron chi connectivity index (χ2n) is 6.37.